The third-order valence-corrected chi connectivity index (χ3v) is 5.80. The van der Waals surface area contributed by atoms with Gasteiger partial charge in [-0.1, -0.05) is 54.6 Å². The molecule has 1 amide bonds. The largest absolute Gasteiger partial charge is 0.573 e. The molecule has 164 valence electrons. The van der Waals surface area contributed by atoms with Crippen LogP contribution >= 0.6 is 0 Å². The minimum Gasteiger partial charge on any atom is -0.405 e. The number of nitrogens with zero attached hydrogens (tertiary/aromatic N) is 1. The van der Waals surface area contributed by atoms with Gasteiger partial charge in [0.15, 0.2) is 0 Å². The van der Waals surface area contributed by atoms with Crippen molar-refractivity contribution in [2.24, 2.45) is 0 Å². The van der Waals surface area contributed by atoms with Crippen LogP contribution in [0.15, 0.2) is 90.4 Å². The summed E-state index contributed by atoms with van der Waals surface area (Å²) in [5, 5.41) is 6.25. The first-order valence-corrected chi connectivity index (χ1v) is 10.2. The van der Waals surface area contributed by atoms with Crippen molar-refractivity contribution >= 4 is 5.91 Å². The lowest BCUT2D eigenvalue weighted by Crippen LogP contribution is -2.39. The highest BCUT2D eigenvalue weighted by Gasteiger charge is 2.47. The van der Waals surface area contributed by atoms with E-state index in [4.69, 9.17) is 0 Å². The van der Waals surface area contributed by atoms with E-state index in [2.05, 4.69) is 15.4 Å². The van der Waals surface area contributed by atoms with Crippen molar-refractivity contribution in [3.8, 4) is 5.75 Å². The number of hydrogen-bond donors (Lipinski definition) is 2. The molecule has 1 unspecified atom stereocenters. The molecule has 2 N–H and O–H groups in total. The number of carbonyl (C=O) groups excluding carboxylic acids is 1. The van der Waals surface area contributed by atoms with Gasteiger partial charge in [0, 0.05) is 11.8 Å². The molecule has 1 atom stereocenters. The molecule has 5 nitrogen and oxygen atoms in total. The number of ether oxygens (including phenoxy) is 1. The number of allylic oxidation sites excluding steroid dienone is 3. The normalized spacial score (nSPS) is 20.6. The average Bonchev–Trinajstić information content (AvgIpc) is 3.45. The fraction of sp³-hybridized carbons (Fsp3) is 0.208. The molecular formula is C24H20F3N3O2. The van der Waals surface area contributed by atoms with Crippen molar-refractivity contribution in [1.82, 2.24) is 15.5 Å². The van der Waals surface area contributed by atoms with Crippen molar-refractivity contribution < 1.29 is 22.7 Å². The van der Waals surface area contributed by atoms with Crippen molar-refractivity contribution in [3.63, 3.8) is 0 Å². The molecule has 1 fully saturated rings. The summed E-state index contributed by atoms with van der Waals surface area (Å²) in [4.78, 5) is 15.0. The van der Waals surface area contributed by atoms with Crippen molar-refractivity contribution in [2.45, 2.75) is 30.9 Å². The Morgan fingerprint density at radius 2 is 1.78 bits per heavy atom. The molecule has 0 saturated heterocycles. The number of halogens is 3. The van der Waals surface area contributed by atoms with Crippen molar-refractivity contribution in [2.75, 3.05) is 0 Å². The second kappa shape index (κ2) is 7.47. The van der Waals surface area contributed by atoms with Crippen LogP contribution in [0.5, 0.6) is 5.75 Å². The van der Waals surface area contributed by atoms with Crippen LogP contribution in [0.25, 0.3) is 0 Å². The Balaban J connectivity index is 1.44. The zero-order valence-electron chi connectivity index (χ0n) is 16.9. The van der Waals surface area contributed by atoms with E-state index < -0.39 is 18.1 Å². The molecule has 2 aliphatic heterocycles. The Labute approximate surface area is 182 Å². The van der Waals surface area contributed by atoms with Crippen LogP contribution in [-0.4, -0.2) is 17.2 Å². The lowest BCUT2D eigenvalue weighted by atomic mass is 10.0. The molecule has 1 aliphatic carbocycles. The molecular weight excluding hydrogens is 419 g/mol. The van der Waals surface area contributed by atoms with E-state index in [1.165, 1.54) is 12.1 Å². The highest BCUT2D eigenvalue weighted by atomic mass is 19.4. The summed E-state index contributed by atoms with van der Waals surface area (Å²) >= 11 is 0. The van der Waals surface area contributed by atoms with Gasteiger partial charge in [-0.3, -0.25) is 4.79 Å². The van der Waals surface area contributed by atoms with E-state index in [0.29, 0.717) is 11.4 Å². The van der Waals surface area contributed by atoms with E-state index in [1.54, 1.807) is 41.5 Å². The molecule has 0 radical (unpaired) electrons. The maximum absolute atomic E-state index is 13.3. The Bertz CT molecular complexity index is 1130. The summed E-state index contributed by atoms with van der Waals surface area (Å²) in [6.07, 6.45) is 3.14. The first-order valence-electron chi connectivity index (χ1n) is 10.2. The van der Waals surface area contributed by atoms with Gasteiger partial charge < -0.3 is 20.3 Å². The van der Waals surface area contributed by atoms with Gasteiger partial charge in [-0.05, 0) is 36.6 Å². The van der Waals surface area contributed by atoms with E-state index in [9.17, 15) is 18.0 Å². The highest BCUT2D eigenvalue weighted by molar-refractivity contribution is 5.95. The lowest BCUT2D eigenvalue weighted by molar-refractivity contribution is -0.275. The van der Waals surface area contributed by atoms with Gasteiger partial charge in [-0.25, -0.2) is 0 Å². The van der Waals surface area contributed by atoms with E-state index in [-0.39, 0.29) is 17.2 Å². The number of rotatable bonds is 5. The van der Waals surface area contributed by atoms with Crippen LogP contribution in [0.1, 0.15) is 30.1 Å². The number of fused-ring (bicyclic) bond motifs is 1. The second-order valence-corrected chi connectivity index (χ2v) is 7.90. The number of nitrogens with one attached hydrogen (secondary N) is 2. The lowest BCUT2D eigenvalue weighted by Gasteiger charge is -2.27. The maximum Gasteiger partial charge on any atom is 0.573 e. The first-order chi connectivity index (χ1) is 15.4. The Kier molecular flexibility index (Phi) is 4.73. The summed E-state index contributed by atoms with van der Waals surface area (Å²) in [7, 11) is 0. The molecule has 0 bridgehead atoms. The average molecular weight is 439 g/mol. The number of amides is 1. The van der Waals surface area contributed by atoms with Gasteiger partial charge in [0.05, 0.1) is 11.2 Å². The summed E-state index contributed by atoms with van der Waals surface area (Å²) in [6, 6.07) is 15.7. The standard InChI is InChI=1S/C24H20F3N3O2/c25-24(26,27)32-19-12-5-4-10-17(19)21-28-20(18-11-6-7-15-30(18)21)22(31)29-23(13-14-23)16-8-2-1-3-9-16/h1-12,15,21,28H,13-14H2,(H,29,31). The Hall–Kier alpha value is -3.68. The van der Waals surface area contributed by atoms with Gasteiger partial charge in [-0.15, -0.1) is 13.2 Å². The number of para-hydroxylation sites is 1. The number of alkyl halides is 3. The molecule has 2 aromatic carbocycles. The maximum atomic E-state index is 13.3. The Morgan fingerprint density at radius 1 is 1.06 bits per heavy atom. The van der Waals surface area contributed by atoms with E-state index in [1.807, 2.05) is 30.3 Å². The minimum absolute atomic E-state index is 0.272. The van der Waals surface area contributed by atoms with Crippen LogP contribution < -0.4 is 15.4 Å². The summed E-state index contributed by atoms with van der Waals surface area (Å²) < 4.78 is 43.1. The fourth-order valence-corrected chi connectivity index (χ4v) is 4.15. The number of benzene rings is 2. The SMILES string of the molecule is O=C(NC1(c2ccccc2)CC1)C1=C2C=CC=CN2C(c2ccccc2OC(F)(F)F)N1. The van der Waals surface area contributed by atoms with Gasteiger partial charge in [0.25, 0.3) is 5.91 Å². The molecule has 3 aliphatic rings. The predicted octanol–water partition coefficient (Wildman–Crippen LogP) is 4.59. The summed E-state index contributed by atoms with van der Waals surface area (Å²) in [5.74, 6) is -0.618. The Morgan fingerprint density at radius 3 is 2.50 bits per heavy atom. The number of carbonyl (C=O) groups is 1. The first kappa shape index (κ1) is 20.2. The molecule has 0 aromatic heterocycles. The third kappa shape index (κ3) is 3.72. The van der Waals surface area contributed by atoms with Crippen LogP contribution in [0.2, 0.25) is 0 Å². The molecule has 1 saturated carbocycles. The summed E-state index contributed by atoms with van der Waals surface area (Å²) in [5.41, 5.74) is 1.78. The smallest absolute Gasteiger partial charge is 0.405 e. The second-order valence-electron chi connectivity index (χ2n) is 7.90. The van der Waals surface area contributed by atoms with Crippen LogP contribution in [0.4, 0.5) is 13.2 Å². The van der Waals surface area contributed by atoms with Gasteiger partial charge in [0.2, 0.25) is 0 Å². The van der Waals surface area contributed by atoms with Crippen LogP contribution in [0, 0.1) is 0 Å². The molecule has 2 aromatic rings. The zero-order valence-corrected chi connectivity index (χ0v) is 16.9. The van der Waals surface area contributed by atoms with Gasteiger partial charge in [-0.2, -0.15) is 0 Å². The summed E-state index contributed by atoms with van der Waals surface area (Å²) in [6.45, 7) is 0. The van der Waals surface area contributed by atoms with E-state index >= 15 is 0 Å². The fourth-order valence-electron chi connectivity index (χ4n) is 4.15. The monoisotopic (exact) mass is 439 g/mol. The topological polar surface area (TPSA) is 53.6 Å². The molecule has 2 heterocycles. The minimum atomic E-state index is -4.82. The van der Waals surface area contributed by atoms with Crippen LogP contribution in [-0.2, 0) is 10.3 Å². The third-order valence-electron chi connectivity index (χ3n) is 5.80. The zero-order chi connectivity index (χ0) is 22.3. The van der Waals surface area contributed by atoms with Crippen molar-refractivity contribution in [1.29, 1.82) is 0 Å². The van der Waals surface area contributed by atoms with Gasteiger partial charge >= 0.3 is 6.36 Å². The molecule has 32 heavy (non-hydrogen) atoms. The number of hydrogen-bond acceptors (Lipinski definition) is 4. The quantitative estimate of drug-likeness (QED) is 0.716. The van der Waals surface area contributed by atoms with Crippen LogP contribution in [0.3, 0.4) is 0 Å². The predicted molar refractivity (Wildman–Crippen MR) is 112 cm³/mol. The molecule has 5 rings (SSSR count). The van der Waals surface area contributed by atoms with Gasteiger partial charge in [0.1, 0.15) is 17.6 Å². The molecule has 0 spiro atoms. The van der Waals surface area contributed by atoms with Crippen molar-refractivity contribution in [3.05, 3.63) is 102 Å². The van der Waals surface area contributed by atoms with E-state index in [0.717, 1.165) is 18.4 Å². The highest BCUT2D eigenvalue weighted by Crippen LogP contribution is 2.46. The molecule has 8 heteroatoms.